The number of unbranched alkanes of at least 4 members (excludes halogenated alkanes) is 11. The standard InChI is InChI=1S/C21H44/c1-5-7-9-11-13-15-17-19-21(4)20(3)18-16-14-12-10-8-6-2/h20-21H,5-19H2,1-4H3. The molecular formula is C21H44. The summed E-state index contributed by atoms with van der Waals surface area (Å²) in [5.41, 5.74) is 0. The topological polar surface area (TPSA) is 0 Å². The summed E-state index contributed by atoms with van der Waals surface area (Å²) in [6.45, 7) is 9.57. The molecule has 21 heavy (non-hydrogen) atoms. The number of hydrogen-bond acceptors (Lipinski definition) is 0. The van der Waals surface area contributed by atoms with Gasteiger partial charge in [-0.25, -0.2) is 0 Å². The summed E-state index contributed by atoms with van der Waals surface area (Å²) in [6.07, 6.45) is 21.7. The van der Waals surface area contributed by atoms with Crippen molar-refractivity contribution in [1.29, 1.82) is 0 Å². The monoisotopic (exact) mass is 296 g/mol. The zero-order valence-corrected chi connectivity index (χ0v) is 15.8. The van der Waals surface area contributed by atoms with Crippen LogP contribution in [0.15, 0.2) is 0 Å². The molecule has 0 heteroatoms. The van der Waals surface area contributed by atoms with E-state index in [0.717, 1.165) is 11.8 Å². The average Bonchev–Trinajstić information content (AvgIpc) is 2.49. The third-order valence-electron chi connectivity index (χ3n) is 5.25. The van der Waals surface area contributed by atoms with Crippen LogP contribution in [0.5, 0.6) is 0 Å². The van der Waals surface area contributed by atoms with Gasteiger partial charge in [-0.1, -0.05) is 124 Å². The summed E-state index contributed by atoms with van der Waals surface area (Å²) < 4.78 is 0. The minimum atomic E-state index is 0.941. The fourth-order valence-corrected chi connectivity index (χ4v) is 3.24. The van der Waals surface area contributed by atoms with Crippen LogP contribution in [0.3, 0.4) is 0 Å². The first kappa shape index (κ1) is 21.0. The molecule has 0 rings (SSSR count). The molecule has 0 saturated carbocycles. The Morgan fingerprint density at radius 2 is 0.714 bits per heavy atom. The van der Waals surface area contributed by atoms with Crippen LogP contribution in [0.2, 0.25) is 0 Å². The second-order valence-electron chi connectivity index (χ2n) is 7.42. The fraction of sp³-hybridized carbons (Fsp3) is 1.00. The van der Waals surface area contributed by atoms with Gasteiger partial charge in [0.2, 0.25) is 0 Å². The Balaban J connectivity index is 3.34. The van der Waals surface area contributed by atoms with Crippen LogP contribution in [0.4, 0.5) is 0 Å². The van der Waals surface area contributed by atoms with Crippen LogP contribution in [0, 0.1) is 11.8 Å². The van der Waals surface area contributed by atoms with Crippen molar-refractivity contribution in [2.75, 3.05) is 0 Å². The zero-order valence-electron chi connectivity index (χ0n) is 15.8. The smallest absolute Gasteiger partial charge is 0.0417 e. The molecule has 0 aliphatic carbocycles. The van der Waals surface area contributed by atoms with E-state index in [4.69, 9.17) is 0 Å². The molecule has 0 fully saturated rings. The molecule has 2 unspecified atom stereocenters. The van der Waals surface area contributed by atoms with Gasteiger partial charge in [0.15, 0.2) is 0 Å². The lowest BCUT2D eigenvalue weighted by molar-refractivity contribution is 0.322. The Labute approximate surface area is 136 Å². The minimum absolute atomic E-state index is 0.941. The van der Waals surface area contributed by atoms with Crippen LogP contribution in [-0.2, 0) is 0 Å². The molecule has 0 aliphatic rings. The van der Waals surface area contributed by atoms with Gasteiger partial charge in [0.25, 0.3) is 0 Å². The minimum Gasteiger partial charge on any atom is -0.0654 e. The molecule has 0 bridgehead atoms. The van der Waals surface area contributed by atoms with Crippen molar-refractivity contribution < 1.29 is 0 Å². The largest absolute Gasteiger partial charge is 0.0654 e. The molecule has 0 N–H and O–H groups in total. The van der Waals surface area contributed by atoms with Gasteiger partial charge in [0.1, 0.15) is 0 Å². The van der Waals surface area contributed by atoms with Gasteiger partial charge in [-0.2, -0.15) is 0 Å². The lowest BCUT2D eigenvalue weighted by atomic mass is 9.86. The van der Waals surface area contributed by atoms with E-state index >= 15 is 0 Å². The Bertz CT molecular complexity index is 184. The summed E-state index contributed by atoms with van der Waals surface area (Å²) >= 11 is 0. The molecule has 0 nitrogen and oxygen atoms in total. The molecule has 0 spiro atoms. The van der Waals surface area contributed by atoms with E-state index in [1.807, 2.05) is 0 Å². The maximum atomic E-state index is 2.48. The van der Waals surface area contributed by atoms with Gasteiger partial charge >= 0.3 is 0 Å². The average molecular weight is 297 g/mol. The lowest BCUT2D eigenvalue weighted by Crippen LogP contribution is -2.08. The molecule has 0 amide bonds. The maximum absolute atomic E-state index is 2.48. The van der Waals surface area contributed by atoms with Gasteiger partial charge in [-0.3, -0.25) is 0 Å². The predicted molar refractivity (Wildman–Crippen MR) is 98.9 cm³/mol. The quantitative estimate of drug-likeness (QED) is 0.252. The predicted octanol–water partition coefficient (Wildman–Crippen LogP) is 8.15. The first-order chi connectivity index (χ1) is 10.2. The lowest BCUT2D eigenvalue weighted by Gasteiger charge is -2.19. The third kappa shape index (κ3) is 14.7. The molecule has 2 atom stereocenters. The van der Waals surface area contributed by atoms with Crippen molar-refractivity contribution in [3.63, 3.8) is 0 Å². The molecule has 0 heterocycles. The number of hydrogen-bond donors (Lipinski definition) is 0. The Morgan fingerprint density at radius 3 is 1.05 bits per heavy atom. The Hall–Kier alpha value is 0. The molecular weight excluding hydrogens is 252 g/mol. The van der Waals surface area contributed by atoms with Crippen molar-refractivity contribution >= 4 is 0 Å². The van der Waals surface area contributed by atoms with Crippen molar-refractivity contribution in [2.24, 2.45) is 11.8 Å². The van der Waals surface area contributed by atoms with E-state index in [1.165, 1.54) is 96.3 Å². The van der Waals surface area contributed by atoms with Crippen LogP contribution in [-0.4, -0.2) is 0 Å². The zero-order chi connectivity index (χ0) is 15.8. The summed E-state index contributed by atoms with van der Waals surface area (Å²) in [6, 6.07) is 0. The second-order valence-corrected chi connectivity index (χ2v) is 7.42. The van der Waals surface area contributed by atoms with E-state index in [0.29, 0.717) is 0 Å². The van der Waals surface area contributed by atoms with E-state index in [1.54, 1.807) is 0 Å². The van der Waals surface area contributed by atoms with Gasteiger partial charge in [-0.15, -0.1) is 0 Å². The number of rotatable bonds is 16. The Kier molecular flexibility index (Phi) is 16.4. The summed E-state index contributed by atoms with van der Waals surface area (Å²) in [5, 5.41) is 0. The fourth-order valence-electron chi connectivity index (χ4n) is 3.24. The van der Waals surface area contributed by atoms with E-state index in [-0.39, 0.29) is 0 Å². The van der Waals surface area contributed by atoms with Crippen molar-refractivity contribution in [2.45, 2.75) is 124 Å². The van der Waals surface area contributed by atoms with Gasteiger partial charge in [0.05, 0.1) is 0 Å². The molecule has 0 aromatic heterocycles. The van der Waals surface area contributed by atoms with E-state index in [9.17, 15) is 0 Å². The summed E-state index contributed by atoms with van der Waals surface area (Å²) in [7, 11) is 0. The first-order valence-electron chi connectivity index (χ1n) is 10.2. The molecule has 0 aromatic rings. The molecule has 0 saturated heterocycles. The van der Waals surface area contributed by atoms with Crippen LogP contribution >= 0.6 is 0 Å². The summed E-state index contributed by atoms with van der Waals surface area (Å²) in [4.78, 5) is 0. The van der Waals surface area contributed by atoms with Crippen molar-refractivity contribution in [3.05, 3.63) is 0 Å². The first-order valence-corrected chi connectivity index (χ1v) is 10.2. The van der Waals surface area contributed by atoms with Crippen LogP contribution in [0.25, 0.3) is 0 Å². The van der Waals surface area contributed by atoms with Gasteiger partial charge in [-0.05, 0) is 11.8 Å². The van der Waals surface area contributed by atoms with Gasteiger partial charge in [0, 0.05) is 0 Å². The third-order valence-corrected chi connectivity index (χ3v) is 5.25. The van der Waals surface area contributed by atoms with Gasteiger partial charge < -0.3 is 0 Å². The Morgan fingerprint density at radius 1 is 0.429 bits per heavy atom. The van der Waals surface area contributed by atoms with E-state index in [2.05, 4.69) is 27.7 Å². The summed E-state index contributed by atoms with van der Waals surface area (Å²) in [5.74, 6) is 1.88. The van der Waals surface area contributed by atoms with Crippen LogP contribution in [0.1, 0.15) is 124 Å². The molecule has 0 aromatic carbocycles. The highest BCUT2D eigenvalue weighted by molar-refractivity contribution is 4.63. The maximum Gasteiger partial charge on any atom is -0.0417 e. The van der Waals surface area contributed by atoms with Crippen molar-refractivity contribution in [1.82, 2.24) is 0 Å². The highest BCUT2D eigenvalue weighted by Crippen LogP contribution is 2.24. The highest BCUT2D eigenvalue weighted by Gasteiger charge is 2.11. The molecule has 0 aliphatic heterocycles. The molecule has 0 radical (unpaired) electrons. The normalized spacial score (nSPS) is 14.3. The SMILES string of the molecule is CCCCCCCCCC(C)C(C)CCCCCCCC. The van der Waals surface area contributed by atoms with E-state index < -0.39 is 0 Å². The highest BCUT2D eigenvalue weighted by atomic mass is 14.2. The van der Waals surface area contributed by atoms with Crippen LogP contribution < -0.4 is 0 Å². The molecule has 128 valence electrons. The van der Waals surface area contributed by atoms with Crippen molar-refractivity contribution in [3.8, 4) is 0 Å². The second kappa shape index (κ2) is 16.4.